The number of fused-ring (bicyclic) bond motifs is 3. The van der Waals surface area contributed by atoms with Crippen LogP contribution in [0.2, 0.25) is 0 Å². The Morgan fingerprint density at radius 3 is 2.55 bits per heavy atom. The molecule has 6 bridgehead atoms. The largest absolute Gasteiger partial charge is 0.477 e. The maximum absolute atomic E-state index is 15.1. The number of guanidine groups is 2. The van der Waals surface area contributed by atoms with Crippen LogP contribution in [0.4, 0.5) is 0 Å². The number of ether oxygens (including phenoxy) is 5. The highest BCUT2D eigenvalue weighted by Gasteiger charge is 2.59. The average molecular weight is 1120 g/mol. The summed E-state index contributed by atoms with van der Waals surface area (Å²) in [6.45, 7) is -2.10. The number of aliphatic carboxylic acids is 1. The lowest BCUT2D eigenvalue weighted by atomic mass is 9.77. The van der Waals surface area contributed by atoms with Crippen molar-refractivity contribution in [1.82, 2.24) is 10.6 Å². The molecule has 74 heavy (non-hydrogen) atoms. The van der Waals surface area contributed by atoms with Gasteiger partial charge in [0.1, 0.15) is 53.6 Å². The number of carboxylic acids is 1. The van der Waals surface area contributed by atoms with Gasteiger partial charge in [0.05, 0.1) is 48.5 Å². The molecule has 0 aromatic carbocycles. The first-order valence-corrected chi connectivity index (χ1v) is 28.8. The van der Waals surface area contributed by atoms with Gasteiger partial charge in [-0.15, -0.1) is 0 Å². The second-order valence-electron chi connectivity index (χ2n) is 18.5. The van der Waals surface area contributed by atoms with Gasteiger partial charge in [-0.1, -0.05) is 67.2 Å². The molecule has 0 aromatic rings. The van der Waals surface area contributed by atoms with Gasteiger partial charge in [-0.05, 0) is 44.7 Å². The summed E-state index contributed by atoms with van der Waals surface area (Å²) < 4.78 is 30.0. The molecule has 6 heterocycles. The number of carbonyl (C=O) groups is 2. The third kappa shape index (κ3) is 12.9. The number of carboxylic acid groups (broad SMARTS) is 1. The molecule has 0 aromatic heterocycles. The van der Waals surface area contributed by atoms with Crippen molar-refractivity contribution in [1.29, 1.82) is 0 Å². The number of aliphatic hydroxyl groups excluding tert-OH is 6. The summed E-state index contributed by atoms with van der Waals surface area (Å²) in [4.78, 5) is 37.8. The van der Waals surface area contributed by atoms with Crippen LogP contribution < -0.4 is 32.7 Å². The van der Waals surface area contributed by atoms with Gasteiger partial charge in [0.15, 0.2) is 24.3 Å². The van der Waals surface area contributed by atoms with E-state index in [0.29, 0.717) is 34.8 Å². The lowest BCUT2D eigenvalue weighted by Gasteiger charge is -2.48. The number of quaternary nitrogens is 1. The van der Waals surface area contributed by atoms with E-state index in [-0.39, 0.29) is 91.9 Å². The lowest BCUT2D eigenvalue weighted by Crippen LogP contribution is -3.14. The van der Waals surface area contributed by atoms with Crippen LogP contribution in [0.5, 0.6) is 0 Å². The third-order valence-corrected chi connectivity index (χ3v) is 20.1. The molecule has 18 N–H and O–H groups in total. The fourth-order valence-electron chi connectivity index (χ4n) is 10.0. The van der Waals surface area contributed by atoms with E-state index in [1.165, 1.54) is 56.4 Å². The molecule has 15 atom stereocenters. The zero-order valence-corrected chi connectivity index (χ0v) is 43.7. The molecule has 0 amide bonds. The zero-order valence-electron chi connectivity index (χ0n) is 40.4. The highest BCUT2D eigenvalue weighted by molar-refractivity contribution is 8.79. The summed E-state index contributed by atoms with van der Waals surface area (Å²) in [5, 5.41) is 102. The normalized spacial score (nSPS) is 35.4. The molecule has 24 nitrogen and oxygen atoms in total. The van der Waals surface area contributed by atoms with Crippen molar-refractivity contribution in [3.8, 4) is 11.8 Å². The standard InChI is InChI=1S/C46H66N8O16S4/c1-50-33(20-59)69-37-42(68-32(19-58)36(60)46(37,64)65)70-41-26-4-2-13-71-74-45(9-11-51-43(47)48)8-7-23-14-25-15-54(16-27(39(61)62)35(25)53-44(49)52-10-3-12-55)30(18-57)38(45)73-72-22-29-24(17-56)5-6-31(29)67-40(63)28(21-66-41)34(23)26/h2,4,14,16,21,24,26,29-34,36-38,41-42,50,55-60,64-65H,3,5-6,9-13,15,17-20,22H2,1H3,(H,61,62)(H4,47,48,51)(H3,49,52,53)/p+1. The second-order valence-corrected chi connectivity index (χ2v) is 23.8. The maximum atomic E-state index is 15.1. The van der Waals surface area contributed by atoms with Gasteiger partial charge in [-0.2, -0.15) is 0 Å². The van der Waals surface area contributed by atoms with Crippen molar-refractivity contribution in [2.24, 2.45) is 50.9 Å². The van der Waals surface area contributed by atoms with Crippen LogP contribution in [0.25, 0.3) is 0 Å². The number of nitrogens with one attached hydrogen (secondary N) is 3. The summed E-state index contributed by atoms with van der Waals surface area (Å²) in [6.07, 6.45) is -1.66. The van der Waals surface area contributed by atoms with E-state index in [1.807, 2.05) is 6.08 Å². The molecule has 7 aliphatic rings. The van der Waals surface area contributed by atoms with Gasteiger partial charge < -0.3 is 92.2 Å². The molecule has 1 saturated heterocycles. The number of likely N-dealkylation sites (N-methyl/N-ethyl adjacent to an activating group) is 1. The molecule has 1 saturated carbocycles. The number of nitrogens with two attached hydrogens (primary N) is 3. The van der Waals surface area contributed by atoms with Crippen LogP contribution in [0, 0.1) is 35.5 Å². The monoisotopic (exact) mass is 1120 g/mol. The molecule has 7 rings (SSSR count). The molecule has 28 heteroatoms. The van der Waals surface area contributed by atoms with E-state index in [4.69, 9.17) is 40.9 Å². The number of allylic oxidation sites excluding steroid dienone is 1. The molecule has 2 fully saturated rings. The quantitative estimate of drug-likeness (QED) is 0.00962. The van der Waals surface area contributed by atoms with Crippen molar-refractivity contribution < 1.29 is 84.1 Å². The van der Waals surface area contributed by atoms with Crippen molar-refractivity contribution in [3.05, 3.63) is 58.7 Å². The van der Waals surface area contributed by atoms with Crippen LogP contribution in [-0.2, 0) is 33.3 Å². The maximum Gasteiger partial charge on any atom is 0.343 e. The predicted octanol–water partition coefficient (Wildman–Crippen LogP) is -4.08. The topological polar surface area (TPSA) is 394 Å². The Kier molecular flexibility index (Phi) is 20.6. The minimum absolute atomic E-state index is 0.0275. The lowest BCUT2D eigenvalue weighted by molar-refractivity contribution is -0.870. The van der Waals surface area contributed by atoms with Gasteiger partial charge >= 0.3 is 11.9 Å². The molecular formula is C46H67N8O16S4+. The predicted molar refractivity (Wildman–Crippen MR) is 276 cm³/mol. The molecular weight excluding hydrogens is 1050 g/mol. The van der Waals surface area contributed by atoms with Crippen LogP contribution >= 0.6 is 43.2 Å². The number of esters is 1. The third-order valence-electron chi connectivity index (χ3n) is 13.9. The van der Waals surface area contributed by atoms with Gasteiger partial charge in [0, 0.05) is 60.8 Å². The minimum atomic E-state index is -3.15. The van der Waals surface area contributed by atoms with Gasteiger partial charge in [0.2, 0.25) is 12.1 Å². The number of hydrogen-bond acceptors (Lipinski definition) is 22. The highest BCUT2D eigenvalue weighted by atomic mass is 33.1. The number of aliphatic imine (C=N–C) groups is 2. The van der Waals surface area contributed by atoms with Gasteiger partial charge in [-0.25, -0.2) is 9.59 Å². The average Bonchev–Trinajstić information content (AvgIpc) is 3.74. The smallest absolute Gasteiger partial charge is 0.343 e. The van der Waals surface area contributed by atoms with E-state index in [2.05, 4.69) is 32.5 Å². The zero-order chi connectivity index (χ0) is 53.3. The van der Waals surface area contributed by atoms with E-state index in [0.717, 1.165) is 6.26 Å². The Morgan fingerprint density at radius 1 is 1.07 bits per heavy atom. The van der Waals surface area contributed by atoms with Crippen LogP contribution in [0.15, 0.2) is 68.7 Å². The van der Waals surface area contributed by atoms with E-state index in [9.17, 15) is 50.8 Å². The van der Waals surface area contributed by atoms with E-state index in [1.54, 1.807) is 12.2 Å². The first-order valence-electron chi connectivity index (χ1n) is 24.1. The number of carbonyl (C=O) groups excluding carboxylic acids is 1. The number of hydrogen-bond donors (Lipinski definition) is 15. The molecule has 1 aliphatic carbocycles. The van der Waals surface area contributed by atoms with Crippen LogP contribution in [-0.4, -0.2) is 206 Å². The summed E-state index contributed by atoms with van der Waals surface area (Å²) in [5.41, 5.74) is 18.5. The molecule has 15 unspecified atom stereocenters. The van der Waals surface area contributed by atoms with E-state index < -0.39 is 109 Å². The molecule has 0 spiro atoms. The fraction of sp³-hybridized carbons (Fsp3) is 0.652. The Morgan fingerprint density at radius 2 is 1.86 bits per heavy atom. The highest BCUT2D eigenvalue weighted by Crippen LogP contribution is 2.52. The SMILES string of the molecule is CNC(CO)OC1C(OC2OC=C3C(=O)OC4CCC(CO)C4CSSC4C(CO)[NH+]5C=C(C(=O)O)C(NC(N)=NCCCO)=C(C=C6C#CC4(CCN=C(N)N)SSCC=CC2C63)C5)OC(CO)C(O)C1(O)O. The first-order chi connectivity index (χ1) is 35.5. The minimum Gasteiger partial charge on any atom is -0.477 e. The second kappa shape index (κ2) is 26.2. The molecule has 6 aliphatic heterocycles. The number of nitrogens with zero attached hydrogens (tertiary/aromatic N) is 2. The Labute approximate surface area is 443 Å². The van der Waals surface area contributed by atoms with Crippen LogP contribution in [0.1, 0.15) is 25.7 Å². The van der Waals surface area contributed by atoms with Crippen molar-refractivity contribution in [3.63, 3.8) is 0 Å². The summed E-state index contributed by atoms with van der Waals surface area (Å²) >= 11 is 0. The van der Waals surface area contributed by atoms with Gasteiger partial charge in [0.25, 0.3) is 0 Å². The summed E-state index contributed by atoms with van der Waals surface area (Å²) in [6, 6.07) is -0.737. The van der Waals surface area contributed by atoms with Crippen LogP contribution in [0.3, 0.4) is 0 Å². The van der Waals surface area contributed by atoms with E-state index >= 15 is 4.79 Å². The molecule has 0 radical (unpaired) electrons. The number of aliphatic hydroxyl groups is 8. The Hall–Kier alpha value is -3.58. The van der Waals surface area contributed by atoms with Crippen molar-refractivity contribution in [2.75, 3.05) is 71.2 Å². The Balaban J connectivity index is 1.52. The fourth-order valence-corrected chi connectivity index (χ4v) is 17.1. The number of rotatable bonds is 17. The molecule has 410 valence electrons. The van der Waals surface area contributed by atoms with Gasteiger partial charge in [-0.3, -0.25) is 20.2 Å². The summed E-state index contributed by atoms with van der Waals surface area (Å²) in [7, 11) is 7.23. The van der Waals surface area contributed by atoms with Crippen molar-refractivity contribution in [2.45, 2.75) is 90.7 Å². The Bertz CT molecular complexity index is 2310. The first kappa shape index (κ1) is 58.1. The van der Waals surface area contributed by atoms with Crippen molar-refractivity contribution >= 4 is 67.0 Å². The summed E-state index contributed by atoms with van der Waals surface area (Å²) in [5.74, 6) is -0.684.